The summed E-state index contributed by atoms with van der Waals surface area (Å²) in [6, 6.07) is 19.4. The first-order valence-electron chi connectivity index (χ1n) is 6.48. The average Bonchev–Trinajstić information content (AvgIpc) is 2.40. The van der Waals surface area contributed by atoms with Crippen LogP contribution < -0.4 is 10.6 Å². The fourth-order valence-corrected chi connectivity index (χ4v) is 2.64. The Bertz CT molecular complexity index is 522. The number of anilines is 1. The van der Waals surface area contributed by atoms with Gasteiger partial charge in [0.05, 0.1) is 6.17 Å². The lowest BCUT2D eigenvalue weighted by Gasteiger charge is -2.32. The zero-order valence-corrected chi connectivity index (χ0v) is 10.6. The van der Waals surface area contributed by atoms with Gasteiger partial charge in [0.1, 0.15) is 0 Å². The minimum atomic E-state index is 0.303. The summed E-state index contributed by atoms with van der Waals surface area (Å²) in [4.78, 5) is 0. The van der Waals surface area contributed by atoms with E-state index >= 15 is 0 Å². The predicted octanol–water partition coefficient (Wildman–Crippen LogP) is 3.33. The maximum Gasteiger partial charge on any atom is 0.0813 e. The van der Waals surface area contributed by atoms with Crippen LogP contribution >= 0.6 is 0 Å². The second-order valence-corrected chi connectivity index (χ2v) is 4.85. The van der Waals surface area contributed by atoms with Crippen LogP contribution in [0.15, 0.2) is 54.6 Å². The van der Waals surface area contributed by atoms with E-state index in [2.05, 4.69) is 66.1 Å². The van der Waals surface area contributed by atoms with Crippen molar-refractivity contribution in [2.45, 2.75) is 25.6 Å². The normalized spacial score (nSPS) is 22.3. The Morgan fingerprint density at radius 2 is 1.72 bits per heavy atom. The fourth-order valence-electron chi connectivity index (χ4n) is 2.64. The number of fused-ring (bicyclic) bond motifs is 1. The summed E-state index contributed by atoms with van der Waals surface area (Å²) in [6.45, 7) is 2.22. The summed E-state index contributed by atoms with van der Waals surface area (Å²) in [5.74, 6) is 0. The van der Waals surface area contributed by atoms with E-state index < -0.39 is 0 Å². The highest BCUT2D eigenvalue weighted by Crippen LogP contribution is 2.25. The summed E-state index contributed by atoms with van der Waals surface area (Å²) < 4.78 is 0. The van der Waals surface area contributed by atoms with Crippen molar-refractivity contribution in [1.82, 2.24) is 5.32 Å². The third-order valence-electron chi connectivity index (χ3n) is 3.51. The molecule has 1 unspecified atom stereocenters. The predicted molar refractivity (Wildman–Crippen MR) is 75.5 cm³/mol. The van der Waals surface area contributed by atoms with Crippen LogP contribution in [0.3, 0.4) is 0 Å². The van der Waals surface area contributed by atoms with Crippen molar-refractivity contribution < 1.29 is 0 Å². The highest BCUT2D eigenvalue weighted by atomic mass is 15.1. The van der Waals surface area contributed by atoms with Crippen LogP contribution in [0.25, 0.3) is 0 Å². The molecule has 0 fully saturated rings. The Hall–Kier alpha value is -1.80. The van der Waals surface area contributed by atoms with Gasteiger partial charge in [0.2, 0.25) is 0 Å². The molecule has 0 amide bonds. The Balaban J connectivity index is 1.78. The molecule has 2 N–H and O–H groups in total. The number of hydrogen-bond donors (Lipinski definition) is 2. The van der Waals surface area contributed by atoms with Crippen molar-refractivity contribution in [3.8, 4) is 0 Å². The standard InChI is InChI=1S/C16H18N2/c1-12-15-10-6-5-7-13(15)11-16(17-12)18-14-8-3-2-4-9-14/h2-10,12,16-18H,11H2,1H3/t12?,16-/m0/s1. The van der Waals surface area contributed by atoms with E-state index in [-0.39, 0.29) is 0 Å². The molecular weight excluding hydrogens is 220 g/mol. The second kappa shape index (κ2) is 4.83. The molecule has 1 heterocycles. The quantitative estimate of drug-likeness (QED) is 0.838. The Morgan fingerprint density at radius 1 is 1.00 bits per heavy atom. The minimum Gasteiger partial charge on any atom is -0.370 e. The molecule has 2 heteroatoms. The van der Waals surface area contributed by atoms with Crippen LogP contribution in [0.2, 0.25) is 0 Å². The van der Waals surface area contributed by atoms with Crippen LogP contribution in [0, 0.1) is 0 Å². The Labute approximate surface area is 108 Å². The summed E-state index contributed by atoms with van der Waals surface area (Å²) in [7, 11) is 0. The summed E-state index contributed by atoms with van der Waals surface area (Å²) in [6.07, 6.45) is 1.33. The first-order chi connectivity index (χ1) is 8.83. The molecule has 1 aliphatic heterocycles. The zero-order chi connectivity index (χ0) is 12.4. The second-order valence-electron chi connectivity index (χ2n) is 4.85. The van der Waals surface area contributed by atoms with Crippen molar-refractivity contribution in [2.75, 3.05) is 5.32 Å². The van der Waals surface area contributed by atoms with Crippen molar-refractivity contribution in [3.63, 3.8) is 0 Å². The van der Waals surface area contributed by atoms with Gasteiger partial charge in [-0.15, -0.1) is 0 Å². The topological polar surface area (TPSA) is 24.1 Å². The van der Waals surface area contributed by atoms with E-state index in [0.717, 1.165) is 6.42 Å². The molecule has 0 radical (unpaired) electrons. The van der Waals surface area contributed by atoms with Crippen LogP contribution in [0.5, 0.6) is 0 Å². The van der Waals surface area contributed by atoms with Crippen LogP contribution in [-0.4, -0.2) is 6.17 Å². The summed E-state index contributed by atoms with van der Waals surface area (Å²) >= 11 is 0. The van der Waals surface area contributed by atoms with E-state index in [4.69, 9.17) is 0 Å². The SMILES string of the molecule is CC1N[C@@H](Nc2ccccc2)Cc2ccccc21. The van der Waals surface area contributed by atoms with E-state index in [1.165, 1.54) is 16.8 Å². The lowest BCUT2D eigenvalue weighted by Crippen LogP contribution is -2.43. The van der Waals surface area contributed by atoms with Gasteiger partial charge in [0, 0.05) is 18.2 Å². The third-order valence-corrected chi connectivity index (χ3v) is 3.51. The van der Waals surface area contributed by atoms with Gasteiger partial charge in [-0.25, -0.2) is 0 Å². The van der Waals surface area contributed by atoms with E-state index in [9.17, 15) is 0 Å². The first-order valence-corrected chi connectivity index (χ1v) is 6.48. The molecule has 3 rings (SSSR count). The minimum absolute atomic E-state index is 0.303. The molecule has 0 saturated carbocycles. The molecule has 0 spiro atoms. The molecule has 2 atom stereocenters. The van der Waals surface area contributed by atoms with Gasteiger partial charge in [-0.05, 0) is 30.2 Å². The fraction of sp³-hybridized carbons (Fsp3) is 0.250. The molecule has 0 aromatic heterocycles. The van der Waals surface area contributed by atoms with Crippen LogP contribution in [0.4, 0.5) is 5.69 Å². The molecule has 2 aromatic carbocycles. The molecule has 0 aliphatic carbocycles. The summed E-state index contributed by atoms with van der Waals surface area (Å²) in [5.41, 5.74) is 4.03. The molecule has 0 saturated heterocycles. The molecule has 2 nitrogen and oxygen atoms in total. The van der Waals surface area contributed by atoms with Gasteiger partial charge in [-0.2, -0.15) is 0 Å². The van der Waals surface area contributed by atoms with Crippen molar-refractivity contribution in [3.05, 3.63) is 65.7 Å². The molecule has 0 bridgehead atoms. The van der Waals surface area contributed by atoms with Crippen molar-refractivity contribution in [2.24, 2.45) is 0 Å². The Morgan fingerprint density at radius 3 is 2.56 bits per heavy atom. The number of para-hydroxylation sites is 1. The Kier molecular flexibility index (Phi) is 3.03. The first kappa shape index (κ1) is 11.3. The summed E-state index contributed by atoms with van der Waals surface area (Å²) in [5, 5.41) is 7.15. The lowest BCUT2D eigenvalue weighted by molar-refractivity contribution is 0.454. The number of benzene rings is 2. The van der Waals surface area contributed by atoms with Crippen molar-refractivity contribution in [1.29, 1.82) is 0 Å². The highest BCUT2D eigenvalue weighted by Gasteiger charge is 2.22. The number of rotatable bonds is 2. The molecule has 2 aromatic rings. The largest absolute Gasteiger partial charge is 0.370 e. The maximum atomic E-state index is 3.61. The zero-order valence-electron chi connectivity index (χ0n) is 10.6. The van der Waals surface area contributed by atoms with Gasteiger partial charge in [0.15, 0.2) is 0 Å². The monoisotopic (exact) mass is 238 g/mol. The number of nitrogens with one attached hydrogen (secondary N) is 2. The van der Waals surface area contributed by atoms with Gasteiger partial charge in [0.25, 0.3) is 0 Å². The molecule has 18 heavy (non-hydrogen) atoms. The van der Waals surface area contributed by atoms with Crippen LogP contribution in [-0.2, 0) is 6.42 Å². The van der Waals surface area contributed by atoms with E-state index in [1.54, 1.807) is 0 Å². The van der Waals surface area contributed by atoms with Gasteiger partial charge in [-0.1, -0.05) is 42.5 Å². The van der Waals surface area contributed by atoms with E-state index in [1.807, 2.05) is 6.07 Å². The average molecular weight is 238 g/mol. The smallest absolute Gasteiger partial charge is 0.0813 e. The molecular formula is C16H18N2. The van der Waals surface area contributed by atoms with Crippen LogP contribution in [0.1, 0.15) is 24.1 Å². The highest BCUT2D eigenvalue weighted by molar-refractivity contribution is 5.45. The van der Waals surface area contributed by atoms with Crippen molar-refractivity contribution >= 4 is 5.69 Å². The third kappa shape index (κ3) is 2.24. The van der Waals surface area contributed by atoms with E-state index in [0.29, 0.717) is 12.2 Å². The molecule has 92 valence electrons. The van der Waals surface area contributed by atoms with Gasteiger partial charge < -0.3 is 5.32 Å². The number of hydrogen-bond acceptors (Lipinski definition) is 2. The van der Waals surface area contributed by atoms with Gasteiger partial charge >= 0.3 is 0 Å². The molecule has 1 aliphatic rings. The lowest BCUT2D eigenvalue weighted by atomic mass is 9.93. The van der Waals surface area contributed by atoms with Gasteiger partial charge in [-0.3, -0.25) is 5.32 Å². The maximum absolute atomic E-state index is 3.61.